The number of phenols is 1. The summed E-state index contributed by atoms with van der Waals surface area (Å²) in [7, 11) is 1.41. The molecule has 10 nitrogen and oxygen atoms in total. The van der Waals surface area contributed by atoms with Gasteiger partial charge in [0.2, 0.25) is 23.6 Å². The van der Waals surface area contributed by atoms with Gasteiger partial charge in [-0.05, 0) is 49.9 Å². The summed E-state index contributed by atoms with van der Waals surface area (Å²) in [5.41, 5.74) is -0.0612. The van der Waals surface area contributed by atoms with Crippen LogP contribution in [0, 0.1) is 34.9 Å². The smallest absolute Gasteiger partial charge is 0.305 e. The maximum atomic E-state index is 14.4. The highest BCUT2D eigenvalue weighted by atomic mass is 35.5. The number of carboxylic acids is 1. The molecule has 224 valence electrons. The number of halogens is 2. The van der Waals surface area contributed by atoms with Gasteiger partial charge >= 0.3 is 5.97 Å². The fourth-order valence-corrected chi connectivity index (χ4v) is 7.84. The van der Waals surface area contributed by atoms with Crippen LogP contribution < -0.4 is 9.64 Å². The number of fused-ring (bicyclic) bond motifs is 4. The third kappa shape index (κ3) is 4.16. The molecule has 0 radical (unpaired) electrons. The number of imide groups is 2. The summed E-state index contributed by atoms with van der Waals surface area (Å²) in [4.78, 5) is 68.8. The molecule has 0 spiro atoms. The summed E-state index contributed by atoms with van der Waals surface area (Å²) in [5, 5.41) is 19.1. The van der Waals surface area contributed by atoms with Crippen molar-refractivity contribution in [2.24, 2.45) is 29.1 Å². The predicted octanol–water partition coefficient (Wildman–Crippen LogP) is 3.90. The van der Waals surface area contributed by atoms with Crippen LogP contribution in [-0.4, -0.2) is 58.4 Å². The quantitative estimate of drug-likeness (QED) is 0.371. The summed E-state index contributed by atoms with van der Waals surface area (Å²) in [6, 6.07) is 8.06. The lowest BCUT2D eigenvalue weighted by molar-refractivity contribution is -0.142. The Kier molecular flexibility index (Phi) is 6.83. The molecule has 2 heterocycles. The molecule has 2 aliphatic carbocycles. The maximum Gasteiger partial charge on any atom is 0.305 e. The van der Waals surface area contributed by atoms with Crippen molar-refractivity contribution in [3.05, 3.63) is 64.5 Å². The number of carbonyl (C=O) groups is 5. The average Bonchev–Trinajstić information content (AvgIpc) is 3.33. The van der Waals surface area contributed by atoms with E-state index < -0.39 is 76.8 Å². The van der Waals surface area contributed by atoms with E-state index in [1.807, 2.05) is 6.08 Å². The Morgan fingerprint density at radius 2 is 1.84 bits per heavy atom. The number of likely N-dealkylation sites (tertiary alicyclic amines) is 1. The second kappa shape index (κ2) is 10.2. The summed E-state index contributed by atoms with van der Waals surface area (Å²) in [6.45, 7) is 1.43. The van der Waals surface area contributed by atoms with Crippen LogP contribution >= 0.6 is 11.6 Å². The zero-order chi connectivity index (χ0) is 31.0. The van der Waals surface area contributed by atoms with Gasteiger partial charge in [0.05, 0.1) is 47.4 Å². The van der Waals surface area contributed by atoms with Gasteiger partial charge in [0.25, 0.3) is 0 Å². The van der Waals surface area contributed by atoms with Crippen molar-refractivity contribution in [3.63, 3.8) is 0 Å². The Morgan fingerprint density at radius 1 is 1.09 bits per heavy atom. The van der Waals surface area contributed by atoms with E-state index in [4.69, 9.17) is 21.4 Å². The minimum atomic E-state index is -1.38. The second-order valence-electron chi connectivity index (χ2n) is 11.7. The number of aliphatic carboxylic acids is 1. The van der Waals surface area contributed by atoms with Gasteiger partial charge in [0.1, 0.15) is 17.3 Å². The predicted molar refractivity (Wildman–Crippen MR) is 150 cm³/mol. The first-order valence-corrected chi connectivity index (χ1v) is 14.2. The number of amides is 4. The Labute approximate surface area is 250 Å². The van der Waals surface area contributed by atoms with Crippen LogP contribution in [-0.2, 0) is 24.0 Å². The number of phenolic OH excluding ortho intramolecular Hbond substituents is 1. The summed E-state index contributed by atoms with van der Waals surface area (Å²) < 4.78 is 19.6. The summed E-state index contributed by atoms with van der Waals surface area (Å²) in [6.07, 6.45) is 1.74. The monoisotopic (exact) mass is 610 g/mol. The minimum Gasteiger partial charge on any atom is -0.508 e. The average molecular weight is 611 g/mol. The molecule has 6 unspecified atom stereocenters. The van der Waals surface area contributed by atoms with Gasteiger partial charge in [0, 0.05) is 24.1 Å². The second-order valence-corrected chi connectivity index (χ2v) is 12.1. The Bertz CT molecular complexity index is 1640. The van der Waals surface area contributed by atoms with Gasteiger partial charge in [-0.25, -0.2) is 9.29 Å². The molecule has 3 fully saturated rings. The number of benzene rings is 2. The first-order chi connectivity index (χ1) is 20.4. The van der Waals surface area contributed by atoms with Crippen LogP contribution in [0.3, 0.4) is 0 Å². The Balaban J connectivity index is 1.50. The van der Waals surface area contributed by atoms with Crippen molar-refractivity contribution in [2.75, 3.05) is 18.6 Å². The number of carbonyl (C=O) groups excluding carboxylic acids is 4. The van der Waals surface area contributed by atoms with E-state index in [0.29, 0.717) is 11.1 Å². The van der Waals surface area contributed by atoms with Crippen molar-refractivity contribution >= 4 is 46.9 Å². The lowest BCUT2D eigenvalue weighted by Gasteiger charge is -2.49. The van der Waals surface area contributed by atoms with Crippen LogP contribution in [0.5, 0.6) is 11.5 Å². The van der Waals surface area contributed by atoms with Crippen molar-refractivity contribution < 1.29 is 43.3 Å². The molecular formula is C31H28ClFN2O8. The van der Waals surface area contributed by atoms with E-state index in [2.05, 4.69) is 0 Å². The number of methoxy groups -OCH3 is 1. The number of allylic oxidation sites excluding steroid dienone is 2. The number of hydrogen-bond acceptors (Lipinski definition) is 7. The molecule has 2 N–H and O–H groups in total. The van der Waals surface area contributed by atoms with Crippen molar-refractivity contribution in [2.45, 2.75) is 32.1 Å². The summed E-state index contributed by atoms with van der Waals surface area (Å²) >= 11 is 6.02. The Hall–Kier alpha value is -4.25. The van der Waals surface area contributed by atoms with Crippen molar-refractivity contribution in [1.82, 2.24) is 4.90 Å². The first-order valence-electron chi connectivity index (χ1n) is 13.9. The molecule has 4 aliphatic rings. The Morgan fingerprint density at radius 3 is 2.51 bits per heavy atom. The van der Waals surface area contributed by atoms with Crippen LogP contribution in [0.25, 0.3) is 0 Å². The molecule has 2 aromatic rings. The fraction of sp³-hybridized carbons (Fsp3) is 0.387. The highest BCUT2D eigenvalue weighted by molar-refractivity contribution is 6.31. The molecule has 43 heavy (non-hydrogen) atoms. The third-order valence-electron chi connectivity index (χ3n) is 9.60. The van der Waals surface area contributed by atoms with E-state index in [-0.39, 0.29) is 41.6 Å². The highest BCUT2D eigenvalue weighted by Crippen LogP contribution is 2.64. The minimum absolute atomic E-state index is 0.0746. The topological polar surface area (TPSA) is 142 Å². The molecule has 2 aliphatic heterocycles. The van der Waals surface area contributed by atoms with Crippen LogP contribution in [0.15, 0.2) is 48.0 Å². The van der Waals surface area contributed by atoms with Gasteiger partial charge < -0.3 is 14.9 Å². The number of aromatic hydroxyl groups is 1. The maximum absolute atomic E-state index is 14.4. The highest BCUT2D eigenvalue weighted by Gasteiger charge is 2.68. The van der Waals surface area contributed by atoms with E-state index >= 15 is 0 Å². The molecule has 6 rings (SSSR count). The zero-order valence-electron chi connectivity index (χ0n) is 23.3. The first kappa shape index (κ1) is 28.9. The van der Waals surface area contributed by atoms with E-state index in [0.717, 1.165) is 15.9 Å². The number of nitrogens with zero attached hydrogens (tertiary/aromatic N) is 2. The molecule has 0 bridgehead atoms. The standard InChI is InChI=1S/C31H28ClFN2O8/c1-31-20(28(40)35(30(31)42)14-3-8-22(33)21(32)11-14)13-19-16(26(31)17-5-4-15(36)12-23(17)43-2)6-7-18-25(19)29(41)34(27(18)39)10-9-24(37)38/h3-6,8,11-12,18-20,25-26,36H,7,9-10,13H2,1-2H3,(H,37,38). The number of hydrogen-bond donors (Lipinski definition) is 2. The number of rotatable bonds is 6. The van der Waals surface area contributed by atoms with Crippen LogP contribution in [0.2, 0.25) is 5.02 Å². The van der Waals surface area contributed by atoms with Crippen molar-refractivity contribution in [1.29, 1.82) is 0 Å². The van der Waals surface area contributed by atoms with E-state index in [1.165, 1.54) is 31.4 Å². The van der Waals surface area contributed by atoms with Gasteiger partial charge in [-0.15, -0.1) is 0 Å². The van der Waals surface area contributed by atoms with Crippen LogP contribution in [0.4, 0.5) is 10.1 Å². The van der Waals surface area contributed by atoms with Gasteiger partial charge in [-0.2, -0.15) is 0 Å². The molecule has 6 atom stereocenters. The molecule has 0 aromatic heterocycles. The number of ether oxygens (including phenoxy) is 1. The number of anilines is 1. The SMILES string of the molecule is COc1cc(O)ccc1C1C2=CCC3C(=O)N(CCC(=O)O)C(=O)C3C2CC2C(=O)N(c3ccc(F)c(Cl)c3)C(=O)C21C. The fourth-order valence-electron chi connectivity index (χ4n) is 7.66. The molecule has 2 saturated heterocycles. The lowest BCUT2D eigenvalue weighted by atomic mass is 9.51. The summed E-state index contributed by atoms with van der Waals surface area (Å²) in [5.74, 6) is -7.58. The lowest BCUT2D eigenvalue weighted by Crippen LogP contribution is -2.49. The molecule has 2 aromatic carbocycles. The number of carboxylic acid groups (broad SMARTS) is 1. The normalized spacial score (nSPS) is 29.8. The van der Waals surface area contributed by atoms with Crippen molar-refractivity contribution in [3.8, 4) is 11.5 Å². The van der Waals surface area contributed by atoms with E-state index in [1.54, 1.807) is 13.0 Å². The molecular weight excluding hydrogens is 583 g/mol. The van der Waals surface area contributed by atoms with Crippen LogP contribution in [0.1, 0.15) is 37.7 Å². The largest absolute Gasteiger partial charge is 0.508 e. The molecule has 12 heteroatoms. The molecule has 4 amide bonds. The van der Waals surface area contributed by atoms with Gasteiger partial charge in [-0.1, -0.05) is 29.3 Å². The third-order valence-corrected chi connectivity index (χ3v) is 9.89. The molecule has 1 saturated carbocycles. The van der Waals surface area contributed by atoms with E-state index in [9.17, 15) is 33.5 Å². The van der Waals surface area contributed by atoms with Gasteiger partial charge in [0.15, 0.2) is 0 Å². The van der Waals surface area contributed by atoms with Gasteiger partial charge in [-0.3, -0.25) is 28.9 Å². The zero-order valence-corrected chi connectivity index (χ0v) is 24.0.